The zero-order valence-electron chi connectivity index (χ0n) is 18.4. The molecule has 13 heteroatoms. The number of fused-ring (bicyclic) bond motifs is 2. The van der Waals surface area contributed by atoms with Gasteiger partial charge in [0.2, 0.25) is 5.91 Å². The number of aromatic nitrogens is 1. The monoisotopic (exact) mass is 525 g/mol. The quantitative estimate of drug-likeness (QED) is 0.226. The molecule has 1 saturated heterocycles. The fourth-order valence-electron chi connectivity index (χ4n) is 4.33. The number of nitrogens with zero attached hydrogens (tertiary/aromatic N) is 3. The Hall–Kier alpha value is -2.54. The van der Waals surface area contributed by atoms with Crippen molar-refractivity contribution < 1.29 is 24.3 Å². The highest BCUT2D eigenvalue weighted by Gasteiger charge is 2.50. The van der Waals surface area contributed by atoms with Gasteiger partial charge in [0, 0.05) is 42.2 Å². The Morgan fingerprint density at radius 1 is 1.35 bits per heavy atom. The number of benzene rings is 1. The molecule has 1 aromatic carbocycles. The van der Waals surface area contributed by atoms with Gasteiger partial charge in [-0.25, -0.2) is 20.1 Å². The van der Waals surface area contributed by atoms with Crippen molar-refractivity contribution in [3.63, 3.8) is 0 Å². The summed E-state index contributed by atoms with van der Waals surface area (Å²) in [6.45, 7) is 1.41. The van der Waals surface area contributed by atoms with Crippen LogP contribution in [-0.4, -0.2) is 65.6 Å². The molecule has 3 heterocycles. The van der Waals surface area contributed by atoms with E-state index < -0.39 is 11.3 Å². The second-order valence-electron chi connectivity index (χ2n) is 8.07. The molecule has 10 nitrogen and oxygen atoms in total. The maximum atomic E-state index is 13.2. The first-order valence-corrected chi connectivity index (χ1v) is 12.8. The van der Waals surface area contributed by atoms with E-state index >= 15 is 0 Å². The Kier molecular flexibility index (Phi) is 7.51. The van der Waals surface area contributed by atoms with Crippen LogP contribution < -0.4 is 15.7 Å². The van der Waals surface area contributed by atoms with Crippen LogP contribution in [-0.2, 0) is 14.9 Å². The van der Waals surface area contributed by atoms with E-state index in [4.69, 9.17) is 21.5 Å². The summed E-state index contributed by atoms with van der Waals surface area (Å²) in [6.07, 6.45) is 2.84. The zero-order chi connectivity index (χ0) is 24.3. The van der Waals surface area contributed by atoms with Crippen LogP contribution in [0.2, 0.25) is 5.02 Å². The van der Waals surface area contributed by atoms with Crippen molar-refractivity contribution in [3.05, 3.63) is 35.0 Å². The van der Waals surface area contributed by atoms with E-state index in [0.29, 0.717) is 48.4 Å². The minimum Gasteiger partial charge on any atom is -0.453 e. The molecular formula is C21H24ClN5O5S2. The highest BCUT2D eigenvalue weighted by Crippen LogP contribution is 2.47. The number of halogens is 1. The van der Waals surface area contributed by atoms with Gasteiger partial charge in [0.05, 0.1) is 17.5 Å². The fraction of sp³-hybridized carbons (Fsp3) is 0.429. The SMILES string of the molecule is COC(=O)N1CCC2(C1)CN(C(=O)Nc1ncc(SCCCC(=O)NO)s1)c1ccc(Cl)cc12. The molecule has 1 aromatic heterocycles. The third-order valence-corrected chi connectivity index (χ3v) is 8.36. The van der Waals surface area contributed by atoms with Gasteiger partial charge < -0.3 is 9.64 Å². The molecule has 1 spiro atoms. The predicted molar refractivity (Wildman–Crippen MR) is 130 cm³/mol. The summed E-state index contributed by atoms with van der Waals surface area (Å²) in [5, 5.41) is 12.5. The van der Waals surface area contributed by atoms with Crippen LogP contribution in [0.1, 0.15) is 24.8 Å². The molecule has 0 radical (unpaired) electrons. The van der Waals surface area contributed by atoms with Gasteiger partial charge in [-0.1, -0.05) is 22.9 Å². The average Bonchev–Trinajstić information content (AvgIpc) is 3.54. The van der Waals surface area contributed by atoms with Crippen molar-refractivity contribution >= 4 is 63.6 Å². The van der Waals surface area contributed by atoms with Crippen LogP contribution in [0, 0.1) is 0 Å². The van der Waals surface area contributed by atoms with Crippen LogP contribution in [0.25, 0.3) is 0 Å². The zero-order valence-corrected chi connectivity index (χ0v) is 20.8. The van der Waals surface area contributed by atoms with Crippen LogP contribution in [0.4, 0.5) is 20.4 Å². The number of amides is 4. The van der Waals surface area contributed by atoms with Gasteiger partial charge in [0.1, 0.15) is 0 Å². The van der Waals surface area contributed by atoms with Gasteiger partial charge in [0.25, 0.3) is 0 Å². The molecule has 4 rings (SSSR count). The highest BCUT2D eigenvalue weighted by molar-refractivity contribution is 8.01. The standard InChI is InChI=1S/C21H24ClN5O5S2/c1-32-20(30)26-7-6-21(11-26)12-27(15-5-4-13(22)9-14(15)21)19(29)24-18-23-10-17(34-18)33-8-2-3-16(28)25-31/h4-5,9-10,31H,2-3,6-8,11-12H2,1H3,(H,25,28)(H,23,24,29). The maximum absolute atomic E-state index is 13.2. The second-order valence-corrected chi connectivity index (χ2v) is 10.9. The first kappa shape index (κ1) is 24.6. The van der Waals surface area contributed by atoms with Crippen LogP contribution in [0.3, 0.4) is 0 Å². The largest absolute Gasteiger partial charge is 0.453 e. The normalized spacial score (nSPS) is 18.8. The van der Waals surface area contributed by atoms with Crippen LogP contribution >= 0.6 is 34.7 Å². The Bertz CT molecular complexity index is 1100. The molecule has 0 bridgehead atoms. The van der Waals surface area contributed by atoms with Crippen LogP contribution in [0.5, 0.6) is 0 Å². The summed E-state index contributed by atoms with van der Waals surface area (Å²) in [6, 6.07) is 5.16. The summed E-state index contributed by atoms with van der Waals surface area (Å²) in [4.78, 5) is 44.0. The lowest BCUT2D eigenvalue weighted by Crippen LogP contribution is -2.41. The fourth-order valence-corrected chi connectivity index (χ4v) is 6.38. The summed E-state index contributed by atoms with van der Waals surface area (Å²) >= 11 is 9.16. The maximum Gasteiger partial charge on any atom is 0.409 e. The molecular weight excluding hydrogens is 502 g/mol. The van der Waals surface area contributed by atoms with E-state index in [0.717, 1.165) is 15.5 Å². The molecule has 4 amide bonds. The van der Waals surface area contributed by atoms with E-state index in [1.807, 2.05) is 12.1 Å². The molecule has 2 aromatic rings. The molecule has 2 aliphatic rings. The van der Waals surface area contributed by atoms with Gasteiger partial charge in [-0.15, -0.1) is 11.8 Å². The van der Waals surface area contributed by atoms with E-state index in [2.05, 4.69) is 10.3 Å². The predicted octanol–water partition coefficient (Wildman–Crippen LogP) is 3.94. The smallest absolute Gasteiger partial charge is 0.409 e. The van der Waals surface area contributed by atoms with Crippen molar-refractivity contribution in [2.75, 3.05) is 42.7 Å². The van der Waals surface area contributed by atoms with Crippen LogP contribution in [0.15, 0.2) is 28.6 Å². The number of nitrogens with one attached hydrogen (secondary N) is 2. The lowest BCUT2D eigenvalue weighted by atomic mass is 9.81. The van der Waals surface area contributed by atoms with Crippen molar-refractivity contribution in [2.45, 2.75) is 28.9 Å². The Labute approximate surface area is 209 Å². The van der Waals surface area contributed by atoms with E-state index in [9.17, 15) is 14.4 Å². The van der Waals surface area contributed by atoms with Gasteiger partial charge in [-0.3, -0.25) is 20.2 Å². The molecule has 1 unspecified atom stereocenters. The van der Waals surface area contributed by atoms with Crippen molar-refractivity contribution in [1.82, 2.24) is 15.4 Å². The summed E-state index contributed by atoms with van der Waals surface area (Å²) in [7, 11) is 1.36. The number of thiazole rings is 1. The average molecular weight is 526 g/mol. The number of hydrogen-bond acceptors (Lipinski definition) is 8. The van der Waals surface area contributed by atoms with E-state index in [-0.39, 0.29) is 18.5 Å². The number of methoxy groups -OCH3 is 1. The minimum atomic E-state index is -0.417. The minimum absolute atomic E-state index is 0.236. The molecule has 1 atom stereocenters. The first-order valence-electron chi connectivity index (χ1n) is 10.6. The number of carbonyl (C=O) groups excluding carboxylic acids is 3. The number of carbonyl (C=O) groups is 3. The first-order chi connectivity index (χ1) is 16.3. The number of hydrogen-bond donors (Lipinski definition) is 3. The number of thioether (sulfide) groups is 1. The molecule has 2 aliphatic heterocycles. The summed E-state index contributed by atoms with van der Waals surface area (Å²) < 4.78 is 5.80. The van der Waals surface area contributed by atoms with Gasteiger partial charge in [-0.05, 0) is 42.4 Å². The van der Waals surface area contributed by atoms with Crippen molar-refractivity contribution in [3.8, 4) is 0 Å². The molecule has 3 N–H and O–H groups in total. The molecule has 34 heavy (non-hydrogen) atoms. The van der Waals surface area contributed by atoms with E-state index in [1.165, 1.54) is 30.2 Å². The summed E-state index contributed by atoms with van der Waals surface area (Å²) in [5.74, 6) is 0.266. The van der Waals surface area contributed by atoms with E-state index in [1.54, 1.807) is 27.5 Å². The van der Waals surface area contributed by atoms with Gasteiger partial charge >= 0.3 is 12.1 Å². The third kappa shape index (κ3) is 5.09. The number of likely N-dealkylation sites (tertiary alicyclic amines) is 1. The lowest BCUT2D eigenvalue weighted by molar-refractivity contribution is -0.129. The van der Waals surface area contributed by atoms with Crippen molar-refractivity contribution in [2.24, 2.45) is 0 Å². The number of anilines is 2. The van der Waals surface area contributed by atoms with Crippen molar-refractivity contribution in [1.29, 1.82) is 0 Å². The molecule has 1 fully saturated rings. The van der Waals surface area contributed by atoms with Gasteiger partial charge in [-0.2, -0.15) is 0 Å². The Balaban J connectivity index is 1.43. The number of rotatable bonds is 6. The Morgan fingerprint density at radius 2 is 2.18 bits per heavy atom. The number of ether oxygens (including phenoxy) is 1. The third-order valence-electron chi connectivity index (χ3n) is 5.93. The highest BCUT2D eigenvalue weighted by atomic mass is 35.5. The number of hydroxylamine groups is 1. The summed E-state index contributed by atoms with van der Waals surface area (Å²) in [5.41, 5.74) is 2.92. The Morgan fingerprint density at radius 3 is 2.94 bits per heavy atom. The van der Waals surface area contributed by atoms with Gasteiger partial charge in [0.15, 0.2) is 5.13 Å². The molecule has 0 aliphatic carbocycles. The topological polar surface area (TPSA) is 124 Å². The number of urea groups is 1. The molecule has 182 valence electrons. The lowest BCUT2D eigenvalue weighted by Gasteiger charge is -2.25. The molecule has 0 saturated carbocycles. The second kappa shape index (κ2) is 10.4.